The molecular weight excluding hydrogens is 1340 g/mol. The van der Waals surface area contributed by atoms with E-state index in [0.29, 0.717) is 93.2 Å². The number of carboxylic acid groups (broad SMARTS) is 1. The minimum absolute atomic E-state index is 0.0248. The van der Waals surface area contributed by atoms with Gasteiger partial charge in [-0.15, -0.1) is 0 Å². The van der Waals surface area contributed by atoms with Crippen LogP contribution in [-0.2, 0) is 89.9 Å². The van der Waals surface area contributed by atoms with Gasteiger partial charge in [-0.3, -0.25) is 52.7 Å². The average Bonchev–Trinajstić information content (AvgIpc) is 1.72. The molecule has 0 saturated carbocycles. The molecule has 101 heavy (non-hydrogen) atoms. The number of amides is 9. The van der Waals surface area contributed by atoms with Gasteiger partial charge in [0.1, 0.15) is 53.6 Å². The maximum absolute atomic E-state index is 15.1. The number of aromatic nitrogens is 3. The maximum Gasteiger partial charge on any atom is 0.305 e. The highest BCUT2D eigenvalue weighted by molar-refractivity contribution is 7.98. The number of methoxy groups -OCH3 is 1. The maximum atomic E-state index is 15.1. The molecule has 9 rings (SSSR count). The van der Waals surface area contributed by atoms with Gasteiger partial charge in [0.05, 0.1) is 38.4 Å². The number of aromatic amines is 2. The van der Waals surface area contributed by atoms with E-state index in [0.717, 1.165) is 11.1 Å². The Bertz CT molecular complexity index is 4030. The summed E-state index contributed by atoms with van der Waals surface area (Å²) < 4.78 is 35.2. The first kappa shape index (κ1) is 75.3. The third-order valence-corrected chi connectivity index (χ3v) is 20.0. The number of thioether (sulfide) groups is 2. The summed E-state index contributed by atoms with van der Waals surface area (Å²) in [5.41, 5.74) is 16.6. The van der Waals surface area contributed by atoms with Crippen molar-refractivity contribution in [2.45, 2.75) is 137 Å². The summed E-state index contributed by atoms with van der Waals surface area (Å²) in [6.07, 6.45) is 5.27. The minimum Gasteiger partial charge on any atom is -0.497 e. The Balaban J connectivity index is 1.05. The van der Waals surface area contributed by atoms with Crippen molar-refractivity contribution in [1.29, 1.82) is 0 Å². The quantitative estimate of drug-likeness (QED) is 0.0617. The number of allylic oxidation sites excluding steroid dienone is 1. The number of imidazole rings is 1. The lowest BCUT2D eigenvalue weighted by Gasteiger charge is -2.30. The number of ether oxygens (including phenoxy) is 1. The van der Waals surface area contributed by atoms with Crippen molar-refractivity contribution >= 4 is 105 Å². The molecule has 536 valence electrons. The van der Waals surface area contributed by atoms with Crippen molar-refractivity contribution in [1.82, 2.24) is 57.1 Å². The second kappa shape index (κ2) is 36.4. The monoisotopic (exact) mass is 1430 g/mol. The first-order valence-corrected chi connectivity index (χ1v) is 35.6. The van der Waals surface area contributed by atoms with Crippen molar-refractivity contribution in [2.24, 2.45) is 17.4 Å². The molecule has 8 atom stereocenters. The van der Waals surface area contributed by atoms with Gasteiger partial charge >= 0.3 is 5.97 Å². The van der Waals surface area contributed by atoms with Crippen molar-refractivity contribution in [3.05, 3.63) is 160 Å². The molecule has 6 aromatic rings. The van der Waals surface area contributed by atoms with Gasteiger partial charge in [0, 0.05) is 97.1 Å². The number of nitrogens with zero attached hydrogens (tertiary/aromatic N) is 2. The highest BCUT2D eigenvalue weighted by Gasteiger charge is 2.41. The molecule has 0 unspecified atom stereocenters. The number of carbonyl (C=O) groups is 11. The molecule has 1 saturated heterocycles. The molecule has 0 spiro atoms. The fraction of sp³-hybridized carbons (Fsp3) is 0.408. The summed E-state index contributed by atoms with van der Waals surface area (Å²) in [5, 5.41) is 29.1. The highest BCUT2D eigenvalue weighted by atomic mass is 32.2. The van der Waals surface area contributed by atoms with Gasteiger partial charge < -0.3 is 73.4 Å². The molecule has 4 aromatic carbocycles. The zero-order valence-electron chi connectivity index (χ0n) is 55.6. The number of primary amides is 1. The molecular formula is C71H83F2N13O13S2. The Hall–Kier alpha value is -9.94. The predicted octanol–water partition coefficient (Wildman–Crippen LogP) is 3.49. The number of halogens is 2. The van der Waals surface area contributed by atoms with Gasteiger partial charge in [-0.1, -0.05) is 48.5 Å². The van der Waals surface area contributed by atoms with E-state index in [-0.39, 0.29) is 63.7 Å². The van der Waals surface area contributed by atoms with Crippen LogP contribution in [0.1, 0.15) is 96.9 Å². The van der Waals surface area contributed by atoms with Crippen molar-refractivity contribution in [3.63, 3.8) is 0 Å². The van der Waals surface area contributed by atoms with Crippen LogP contribution in [0, 0.1) is 17.6 Å². The molecule has 9 amide bonds. The summed E-state index contributed by atoms with van der Waals surface area (Å²) in [6.45, 7) is -0.321. The Labute approximate surface area is 589 Å². The van der Waals surface area contributed by atoms with Crippen LogP contribution in [0.3, 0.4) is 0 Å². The van der Waals surface area contributed by atoms with Gasteiger partial charge in [0.25, 0.3) is 0 Å². The number of aliphatic carboxylic acids is 1. The average molecular weight is 1430 g/mol. The molecule has 4 heterocycles. The molecule has 1 fully saturated rings. The number of Topliss-reactive ketones (excluding diaryl/α,β-unsaturated/α-hetero) is 1. The first-order chi connectivity index (χ1) is 48.6. The highest BCUT2D eigenvalue weighted by Crippen LogP contribution is 2.32. The summed E-state index contributed by atoms with van der Waals surface area (Å²) in [7, 11) is 1.47. The van der Waals surface area contributed by atoms with E-state index in [1.807, 2.05) is 24.3 Å². The van der Waals surface area contributed by atoms with E-state index in [9.17, 15) is 47.4 Å². The third kappa shape index (κ3) is 21.5. The number of nitrogens with one attached hydrogen (secondary N) is 9. The fourth-order valence-electron chi connectivity index (χ4n) is 12.5. The number of benzene rings is 4. The molecule has 2 aliphatic heterocycles. The normalized spacial score (nSPS) is 22.4. The number of hydrogen-bond acceptors (Lipinski definition) is 16. The van der Waals surface area contributed by atoms with Crippen molar-refractivity contribution in [3.8, 4) is 5.75 Å². The van der Waals surface area contributed by atoms with Crippen molar-refractivity contribution in [2.75, 3.05) is 38.2 Å². The lowest BCUT2D eigenvalue weighted by Crippen LogP contribution is -2.60. The van der Waals surface area contributed by atoms with Crippen LogP contribution in [0.4, 0.5) is 8.78 Å². The molecule has 2 bridgehead atoms. The Kier molecular flexibility index (Phi) is 27.1. The topological polar surface area (TPSA) is 401 Å². The Morgan fingerprint density at radius 2 is 1.39 bits per heavy atom. The molecule has 0 radical (unpaired) electrons. The van der Waals surface area contributed by atoms with Crippen LogP contribution < -0.4 is 53.4 Å². The summed E-state index contributed by atoms with van der Waals surface area (Å²) in [4.78, 5) is 168. The van der Waals surface area contributed by atoms with Gasteiger partial charge in [-0.05, 0) is 126 Å². The molecule has 3 aliphatic rings. The van der Waals surface area contributed by atoms with Gasteiger partial charge in [0.2, 0.25) is 53.2 Å². The number of H-pyrrole nitrogens is 2. The predicted molar refractivity (Wildman–Crippen MR) is 374 cm³/mol. The zero-order chi connectivity index (χ0) is 72.1. The molecule has 30 heteroatoms. The number of nitrogens with two attached hydrogens (primary N) is 2. The number of hydrogen-bond donors (Lipinski definition) is 12. The van der Waals surface area contributed by atoms with Crippen LogP contribution in [0.25, 0.3) is 16.5 Å². The van der Waals surface area contributed by atoms with E-state index >= 15 is 19.2 Å². The van der Waals surface area contributed by atoms with Gasteiger partial charge in [0.15, 0.2) is 5.78 Å². The SMILES string of the molecule is COc1ccc(C[C@@H]2NC(=O)[C@H](Cc3cnc[nH]3)NC(=O)[C@H](CC(=O)O)NC(=O)[C@H](CC3=CCc4ccc(F)cc43)NC(=O)[C@H](Cc3c[nH]c4ccc(F)cc34)NC(=O)CNC(=O)[C@H](CCCCN)NC(=O)CCSCc3cccc(c3)CSC[C@@H](C(N)=O)CC(=O)[C@@H]3CCCN3C2=O)cc1. The number of rotatable bonds is 16. The second-order valence-electron chi connectivity index (χ2n) is 25.2. The lowest BCUT2D eigenvalue weighted by atomic mass is 9.97. The summed E-state index contributed by atoms with van der Waals surface area (Å²) >= 11 is 2.88. The fourth-order valence-corrected chi connectivity index (χ4v) is 14.5. The largest absolute Gasteiger partial charge is 0.497 e. The standard InChI is InChI=1S/C71H83F2N13O13S2/c1-99-50-17-10-40(11-18-50)25-59-71(98)86-22-5-9-60(86)61(87)28-46(65(75)92)38-101-37-42-7-4-6-41(24-42)36-100-23-20-62(88)80-54(8-2-3-21-74)66(93)78-35-63(89)81-55(27-45-33-77-53-19-16-48(73)30-52(45)53)67(94)82-56(26-44-13-12-43-14-15-47(72)29-51(43)44)68(95)84-58(32-64(90)91)70(97)83-57(69(96)85-59)31-49-34-76-39-79-49/h4,6-7,10-11,13-19,24,29-30,33-34,39,46,54-60,77H,2-3,5,8-9,12,20-23,25-28,31-32,35-38,74H2,1H3,(H2,75,92)(H,76,79)(H,78,93)(H,80,88)(H,81,89)(H,82,94)(H,83,97)(H,84,95)(H,85,96)(H,90,91)/t46-,54-,55-,56-,57-,58-,59-,60-/m0/s1. The first-order valence-electron chi connectivity index (χ1n) is 33.3. The van der Waals surface area contributed by atoms with E-state index in [2.05, 4.69) is 52.2 Å². The number of carboxylic acids is 1. The van der Waals surface area contributed by atoms with Crippen LogP contribution in [-0.4, -0.2) is 170 Å². The molecule has 2 aromatic heterocycles. The molecule has 26 nitrogen and oxygen atoms in total. The minimum atomic E-state index is -2.01. The Morgan fingerprint density at radius 1 is 0.713 bits per heavy atom. The number of carbonyl (C=O) groups excluding carboxylic acids is 10. The Morgan fingerprint density at radius 3 is 2.09 bits per heavy atom. The molecule has 14 N–H and O–H groups in total. The smallest absolute Gasteiger partial charge is 0.305 e. The second-order valence-corrected chi connectivity index (χ2v) is 27.3. The van der Waals surface area contributed by atoms with Crippen LogP contribution in [0.5, 0.6) is 5.75 Å². The number of fused-ring (bicyclic) bond motifs is 5. The lowest BCUT2D eigenvalue weighted by molar-refractivity contribution is -0.142. The van der Waals surface area contributed by atoms with E-state index in [1.54, 1.807) is 36.4 Å². The van der Waals surface area contributed by atoms with E-state index in [4.69, 9.17) is 16.2 Å². The van der Waals surface area contributed by atoms with Crippen LogP contribution in [0.15, 0.2) is 110 Å². The zero-order valence-corrected chi connectivity index (χ0v) is 57.3. The van der Waals surface area contributed by atoms with E-state index < -0.39 is 144 Å². The number of ketones is 1. The van der Waals surface area contributed by atoms with Crippen LogP contribution in [0.2, 0.25) is 0 Å². The van der Waals surface area contributed by atoms with Gasteiger partial charge in [-0.25, -0.2) is 13.8 Å². The third-order valence-electron chi connectivity index (χ3n) is 17.8. The van der Waals surface area contributed by atoms with E-state index in [1.165, 1.54) is 84.6 Å². The summed E-state index contributed by atoms with van der Waals surface area (Å²) in [6, 6.07) is 11.8. The van der Waals surface area contributed by atoms with Gasteiger partial charge in [-0.2, -0.15) is 23.5 Å². The van der Waals surface area contributed by atoms with Crippen molar-refractivity contribution < 1.29 is 71.4 Å². The summed E-state index contributed by atoms with van der Waals surface area (Å²) in [5.74, 6) is -9.97. The van der Waals surface area contributed by atoms with Crippen LogP contribution >= 0.6 is 23.5 Å². The number of unbranched alkanes of at least 4 members (excludes halogenated alkanes) is 1. The molecule has 1 aliphatic carbocycles.